The lowest BCUT2D eigenvalue weighted by Gasteiger charge is -2.19. The van der Waals surface area contributed by atoms with Crippen molar-refractivity contribution in [1.82, 2.24) is 15.0 Å². The molecule has 1 N–H and O–H groups in total. The van der Waals surface area contributed by atoms with Crippen LogP contribution >= 0.6 is 0 Å². The summed E-state index contributed by atoms with van der Waals surface area (Å²) in [6, 6.07) is 16.2. The molecule has 0 fully saturated rings. The molecule has 1 heterocycles. The van der Waals surface area contributed by atoms with E-state index in [2.05, 4.69) is 61.5 Å². The fourth-order valence-electron chi connectivity index (χ4n) is 3.12. The molecule has 27 heavy (non-hydrogen) atoms. The van der Waals surface area contributed by atoms with Gasteiger partial charge in [0.05, 0.1) is 12.7 Å². The number of rotatable bonds is 6. The Morgan fingerprint density at radius 3 is 2.19 bits per heavy atom. The van der Waals surface area contributed by atoms with E-state index in [1.807, 2.05) is 30.3 Å². The molecule has 3 aromatic rings. The molecule has 0 atom stereocenters. The van der Waals surface area contributed by atoms with Crippen molar-refractivity contribution in [2.24, 2.45) is 0 Å². The second-order valence-corrected chi connectivity index (χ2v) is 7.36. The van der Waals surface area contributed by atoms with E-state index < -0.39 is 0 Å². The maximum Gasteiger partial charge on any atom is 0.277 e. The van der Waals surface area contributed by atoms with Crippen molar-refractivity contribution in [1.29, 1.82) is 0 Å². The summed E-state index contributed by atoms with van der Waals surface area (Å²) < 4.78 is 1.68. The van der Waals surface area contributed by atoms with Gasteiger partial charge in [0, 0.05) is 5.69 Å². The van der Waals surface area contributed by atoms with Crippen molar-refractivity contribution < 1.29 is 4.79 Å². The van der Waals surface area contributed by atoms with Crippen LogP contribution in [0.25, 0.3) is 0 Å². The molecule has 0 spiro atoms. The maximum atomic E-state index is 12.8. The molecular weight excluding hydrogens is 336 g/mol. The minimum Gasteiger partial charge on any atom is -0.320 e. The first-order valence-electron chi connectivity index (χ1n) is 9.34. The highest BCUT2D eigenvalue weighted by molar-refractivity contribution is 6.03. The van der Waals surface area contributed by atoms with E-state index in [4.69, 9.17) is 0 Å². The summed E-state index contributed by atoms with van der Waals surface area (Å²) in [6.07, 6.45) is 1.69. The molecule has 0 aliphatic rings. The Balaban J connectivity index is 1.82. The molecule has 0 bridgehead atoms. The molecule has 0 saturated heterocycles. The number of aromatic nitrogens is 3. The van der Waals surface area contributed by atoms with Gasteiger partial charge in [0.1, 0.15) is 0 Å². The van der Waals surface area contributed by atoms with Gasteiger partial charge < -0.3 is 5.32 Å². The van der Waals surface area contributed by atoms with E-state index in [1.165, 1.54) is 0 Å². The van der Waals surface area contributed by atoms with E-state index in [0.717, 1.165) is 22.4 Å². The molecule has 3 rings (SSSR count). The van der Waals surface area contributed by atoms with Crippen molar-refractivity contribution >= 4 is 11.6 Å². The standard InChI is InChI=1S/C22H26N4O/c1-15(2)18-11-8-12-19(16(3)4)21(18)23-22(27)20-14-26(25-24-20)13-17-9-6-5-7-10-17/h5-12,14-16H,13H2,1-4H3,(H,23,27). The van der Waals surface area contributed by atoms with Crippen LogP contribution < -0.4 is 5.32 Å². The Kier molecular flexibility index (Phi) is 5.69. The lowest BCUT2D eigenvalue weighted by Crippen LogP contribution is -2.16. The van der Waals surface area contributed by atoms with Crippen molar-refractivity contribution in [3.05, 3.63) is 77.1 Å². The van der Waals surface area contributed by atoms with Gasteiger partial charge in [-0.05, 0) is 28.5 Å². The Bertz CT molecular complexity index is 887. The molecule has 0 saturated carbocycles. The predicted octanol–water partition coefficient (Wildman–Crippen LogP) is 4.83. The highest BCUT2D eigenvalue weighted by Crippen LogP contribution is 2.32. The average molecular weight is 362 g/mol. The third-order valence-electron chi connectivity index (χ3n) is 4.57. The highest BCUT2D eigenvalue weighted by atomic mass is 16.2. The third kappa shape index (κ3) is 4.42. The quantitative estimate of drug-likeness (QED) is 0.683. The smallest absolute Gasteiger partial charge is 0.277 e. The topological polar surface area (TPSA) is 59.8 Å². The zero-order valence-electron chi connectivity index (χ0n) is 16.3. The number of amides is 1. The van der Waals surface area contributed by atoms with E-state index in [0.29, 0.717) is 24.1 Å². The molecule has 0 radical (unpaired) electrons. The summed E-state index contributed by atoms with van der Waals surface area (Å²) >= 11 is 0. The number of anilines is 1. The molecule has 1 aromatic heterocycles. The van der Waals surface area contributed by atoms with E-state index in [-0.39, 0.29) is 5.91 Å². The lowest BCUT2D eigenvalue weighted by atomic mass is 9.92. The predicted molar refractivity (Wildman–Crippen MR) is 108 cm³/mol. The summed E-state index contributed by atoms with van der Waals surface area (Å²) in [7, 11) is 0. The number of hydrogen-bond donors (Lipinski definition) is 1. The normalized spacial score (nSPS) is 11.2. The third-order valence-corrected chi connectivity index (χ3v) is 4.57. The second-order valence-electron chi connectivity index (χ2n) is 7.36. The van der Waals surface area contributed by atoms with Crippen LogP contribution in [-0.4, -0.2) is 20.9 Å². The van der Waals surface area contributed by atoms with Crippen LogP contribution in [0, 0.1) is 0 Å². The van der Waals surface area contributed by atoms with E-state index in [9.17, 15) is 4.79 Å². The van der Waals surface area contributed by atoms with Gasteiger partial charge >= 0.3 is 0 Å². The van der Waals surface area contributed by atoms with Gasteiger partial charge in [-0.3, -0.25) is 4.79 Å². The summed E-state index contributed by atoms with van der Waals surface area (Å²) in [5.74, 6) is 0.393. The SMILES string of the molecule is CC(C)c1cccc(C(C)C)c1NC(=O)c1cn(Cc2ccccc2)nn1. The van der Waals surface area contributed by atoms with Gasteiger partial charge in [-0.2, -0.15) is 0 Å². The first-order valence-corrected chi connectivity index (χ1v) is 9.34. The van der Waals surface area contributed by atoms with Crippen LogP contribution in [0.4, 0.5) is 5.69 Å². The van der Waals surface area contributed by atoms with Crippen molar-refractivity contribution in [3.63, 3.8) is 0 Å². The average Bonchev–Trinajstić information content (AvgIpc) is 3.11. The number of hydrogen-bond acceptors (Lipinski definition) is 3. The van der Waals surface area contributed by atoms with Gasteiger partial charge in [0.15, 0.2) is 5.69 Å². The zero-order valence-corrected chi connectivity index (χ0v) is 16.3. The van der Waals surface area contributed by atoms with Crippen LogP contribution in [0.1, 0.15) is 66.7 Å². The first kappa shape index (κ1) is 18.8. The zero-order chi connectivity index (χ0) is 19.4. The van der Waals surface area contributed by atoms with Gasteiger partial charge in [0.25, 0.3) is 5.91 Å². The van der Waals surface area contributed by atoms with Crippen molar-refractivity contribution in [2.75, 3.05) is 5.32 Å². The number of carbonyl (C=O) groups excluding carboxylic acids is 1. The van der Waals surface area contributed by atoms with E-state index >= 15 is 0 Å². The molecule has 1 amide bonds. The molecule has 0 aliphatic heterocycles. The number of para-hydroxylation sites is 1. The highest BCUT2D eigenvalue weighted by Gasteiger charge is 2.18. The van der Waals surface area contributed by atoms with Crippen LogP contribution in [-0.2, 0) is 6.54 Å². The summed E-state index contributed by atoms with van der Waals surface area (Å²) in [5, 5.41) is 11.2. The largest absolute Gasteiger partial charge is 0.320 e. The number of carbonyl (C=O) groups is 1. The fraction of sp³-hybridized carbons (Fsp3) is 0.318. The lowest BCUT2D eigenvalue weighted by molar-refractivity contribution is 0.102. The van der Waals surface area contributed by atoms with Gasteiger partial charge in [-0.1, -0.05) is 81.4 Å². The Morgan fingerprint density at radius 1 is 0.963 bits per heavy atom. The Labute approximate surface area is 160 Å². The second kappa shape index (κ2) is 8.16. The van der Waals surface area contributed by atoms with E-state index in [1.54, 1.807) is 10.9 Å². The van der Waals surface area contributed by atoms with Crippen molar-refractivity contribution in [3.8, 4) is 0 Å². The fourth-order valence-corrected chi connectivity index (χ4v) is 3.12. The molecule has 0 aliphatic carbocycles. The maximum absolute atomic E-state index is 12.8. The number of nitrogens with one attached hydrogen (secondary N) is 1. The van der Waals surface area contributed by atoms with Gasteiger partial charge in [-0.25, -0.2) is 4.68 Å². The van der Waals surface area contributed by atoms with Crippen LogP contribution in [0.5, 0.6) is 0 Å². The Morgan fingerprint density at radius 2 is 1.59 bits per heavy atom. The van der Waals surface area contributed by atoms with Crippen LogP contribution in [0.2, 0.25) is 0 Å². The minimum atomic E-state index is -0.232. The molecule has 140 valence electrons. The molecule has 0 unspecified atom stereocenters. The van der Waals surface area contributed by atoms with Gasteiger partial charge in [0.2, 0.25) is 0 Å². The Hall–Kier alpha value is -2.95. The van der Waals surface area contributed by atoms with Crippen LogP contribution in [0.3, 0.4) is 0 Å². The summed E-state index contributed by atoms with van der Waals surface area (Å²) in [6.45, 7) is 9.11. The van der Waals surface area contributed by atoms with Crippen molar-refractivity contribution in [2.45, 2.75) is 46.1 Å². The van der Waals surface area contributed by atoms with Crippen LogP contribution in [0.15, 0.2) is 54.7 Å². The summed E-state index contributed by atoms with van der Waals surface area (Å²) in [5.41, 5.74) is 4.59. The number of benzene rings is 2. The molecule has 5 heteroatoms. The number of nitrogens with zero attached hydrogens (tertiary/aromatic N) is 3. The molecule has 2 aromatic carbocycles. The first-order chi connectivity index (χ1) is 13.0. The summed E-state index contributed by atoms with van der Waals surface area (Å²) in [4.78, 5) is 12.8. The minimum absolute atomic E-state index is 0.232. The monoisotopic (exact) mass is 362 g/mol. The van der Waals surface area contributed by atoms with Gasteiger partial charge in [-0.15, -0.1) is 5.10 Å². The molecular formula is C22H26N4O. The molecule has 5 nitrogen and oxygen atoms in total.